The number of nitrogens with one attached hydrogen (secondary N) is 1. The van der Waals surface area contributed by atoms with E-state index in [0.29, 0.717) is 19.4 Å². The van der Waals surface area contributed by atoms with Gasteiger partial charge in [0.15, 0.2) is 0 Å². The minimum absolute atomic E-state index is 0.0335. The van der Waals surface area contributed by atoms with Crippen molar-refractivity contribution in [3.8, 4) is 0 Å². The topological polar surface area (TPSA) is 47.0 Å². The molecule has 0 aromatic carbocycles. The van der Waals surface area contributed by atoms with Crippen molar-refractivity contribution in [1.82, 2.24) is 10.2 Å². The number of aryl methyl sites for hydroxylation is 1. The van der Waals surface area contributed by atoms with E-state index < -0.39 is 6.17 Å². The van der Waals surface area contributed by atoms with Gasteiger partial charge in [-0.2, -0.15) is 10.2 Å². The predicted molar refractivity (Wildman–Crippen MR) is 63.6 cm³/mol. The Bertz CT molecular complexity index is 386. The van der Waals surface area contributed by atoms with Gasteiger partial charge in [0.1, 0.15) is 6.17 Å². The van der Waals surface area contributed by atoms with Crippen molar-refractivity contribution in [2.24, 2.45) is 0 Å². The van der Waals surface area contributed by atoms with Crippen molar-refractivity contribution in [2.45, 2.75) is 45.1 Å². The van der Waals surface area contributed by atoms with Crippen LogP contribution < -0.4 is 5.32 Å². The van der Waals surface area contributed by atoms with Crippen LogP contribution in [-0.4, -0.2) is 29.5 Å². The molecular weight excluding hydrogens is 221 g/mol. The number of hydrogen-bond acceptors (Lipinski definition) is 4. The number of aromatic nitrogens is 2. The molecule has 1 aromatic heterocycles. The largest absolute Gasteiger partial charge is 0.387 e. The molecule has 0 aliphatic heterocycles. The van der Waals surface area contributed by atoms with Gasteiger partial charge >= 0.3 is 0 Å². The first kappa shape index (κ1) is 12.2. The molecule has 1 aliphatic carbocycles. The summed E-state index contributed by atoms with van der Waals surface area (Å²) >= 11 is 0. The number of anilines is 1. The van der Waals surface area contributed by atoms with Gasteiger partial charge in [-0.1, -0.05) is 0 Å². The summed E-state index contributed by atoms with van der Waals surface area (Å²) in [5.74, 6) is 0. The minimum Gasteiger partial charge on any atom is -0.387 e. The van der Waals surface area contributed by atoms with Gasteiger partial charge in [-0.3, -0.25) is 0 Å². The first-order chi connectivity index (χ1) is 8.19. The molecule has 1 N–H and O–H groups in total. The van der Waals surface area contributed by atoms with E-state index in [4.69, 9.17) is 4.74 Å². The summed E-state index contributed by atoms with van der Waals surface area (Å²) in [6.45, 7) is 2.30. The summed E-state index contributed by atoms with van der Waals surface area (Å²) in [5, 5.41) is 11.2. The Morgan fingerprint density at radius 3 is 2.94 bits per heavy atom. The molecule has 1 heterocycles. The highest BCUT2D eigenvalue weighted by molar-refractivity contribution is 5.46. The fourth-order valence-corrected chi connectivity index (χ4v) is 2.06. The van der Waals surface area contributed by atoms with E-state index in [1.165, 1.54) is 0 Å². The second-order valence-electron chi connectivity index (χ2n) is 4.43. The Labute approximate surface area is 101 Å². The lowest BCUT2D eigenvalue weighted by atomic mass is 10.3. The Balaban J connectivity index is 1.90. The highest BCUT2D eigenvalue weighted by Gasteiger charge is 2.24. The van der Waals surface area contributed by atoms with E-state index in [2.05, 4.69) is 15.5 Å². The molecule has 2 rings (SSSR count). The standard InChI is InChI=1S/C12H18FN3O/c1-8-12(14-2)6-10(16-15-8)7-17-11-4-3-9(13)5-11/h6,9,11H,3-5,7H2,1-2H3,(H,14,16). The van der Waals surface area contributed by atoms with Crippen LogP contribution in [0.2, 0.25) is 0 Å². The summed E-state index contributed by atoms with van der Waals surface area (Å²) in [5.41, 5.74) is 2.59. The summed E-state index contributed by atoms with van der Waals surface area (Å²) in [7, 11) is 1.85. The third-order valence-corrected chi connectivity index (χ3v) is 3.09. The molecule has 2 atom stereocenters. The molecule has 17 heavy (non-hydrogen) atoms. The number of nitrogens with zero attached hydrogens (tertiary/aromatic N) is 2. The van der Waals surface area contributed by atoms with E-state index in [-0.39, 0.29) is 6.10 Å². The lowest BCUT2D eigenvalue weighted by Gasteiger charge is -2.11. The second-order valence-corrected chi connectivity index (χ2v) is 4.43. The fraction of sp³-hybridized carbons (Fsp3) is 0.667. The molecule has 1 fully saturated rings. The van der Waals surface area contributed by atoms with Gasteiger partial charge in [0, 0.05) is 13.5 Å². The van der Waals surface area contributed by atoms with Crippen molar-refractivity contribution in [3.63, 3.8) is 0 Å². The molecule has 5 heteroatoms. The smallest absolute Gasteiger partial charge is 0.103 e. The first-order valence-electron chi connectivity index (χ1n) is 5.95. The Kier molecular flexibility index (Phi) is 3.89. The summed E-state index contributed by atoms with van der Waals surface area (Å²) < 4.78 is 18.6. The monoisotopic (exact) mass is 239 g/mol. The molecule has 0 spiro atoms. The molecule has 2 unspecified atom stereocenters. The maximum absolute atomic E-state index is 13.0. The normalized spacial score (nSPS) is 23.9. The van der Waals surface area contributed by atoms with E-state index >= 15 is 0 Å². The van der Waals surface area contributed by atoms with Crippen LogP contribution in [0, 0.1) is 6.92 Å². The third kappa shape index (κ3) is 3.12. The number of alkyl halides is 1. The fourth-order valence-electron chi connectivity index (χ4n) is 2.06. The zero-order valence-corrected chi connectivity index (χ0v) is 10.2. The van der Waals surface area contributed by atoms with E-state index in [1.807, 2.05) is 20.0 Å². The Hall–Kier alpha value is -1.23. The average Bonchev–Trinajstić information content (AvgIpc) is 2.74. The third-order valence-electron chi connectivity index (χ3n) is 3.09. The van der Waals surface area contributed by atoms with Crippen molar-refractivity contribution in [2.75, 3.05) is 12.4 Å². The molecule has 4 nitrogen and oxygen atoms in total. The highest BCUT2D eigenvalue weighted by atomic mass is 19.1. The van der Waals surface area contributed by atoms with Crippen molar-refractivity contribution >= 4 is 5.69 Å². The molecule has 0 radical (unpaired) electrons. The zero-order chi connectivity index (χ0) is 12.3. The molecular formula is C12H18FN3O. The summed E-state index contributed by atoms with van der Waals surface area (Å²) in [4.78, 5) is 0. The van der Waals surface area contributed by atoms with Crippen LogP contribution in [0.1, 0.15) is 30.7 Å². The van der Waals surface area contributed by atoms with Crippen LogP contribution in [0.4, 0.5) is 10.1 Å². The van der Waals surface area contributed by atoms with Gasteiger partial charge in [-0.15, -0.1) is 0 Å². The quantitative estimate of drug-likeness (QED) is 0.875. The van der Waals surface area contributed by atoms with E-state index in [1.54, 1.807) is 0 Å². The van der Waals surface area contributed by atoms with Gasteiger partial charge in [0.25, 0.3) is 0 Å². The molecule has 1 aliphatic rings. The number of hydrogen-bond donors (Lipinski definition) is 1. The molecule has 0 saturated heterocycles. The average molecular weight is 239 g/mol. The molecule has 1 saturated carbocycles. The number of halogens is 1. The lowest BCUT2D eigenvalue weighted by Crippen LogP contribution is -2.10. The molecule has 0 amide bonds. The van der Waals surface area contributed by atoms with E-state index in [9.17, 15) is 4.39 Å². The van der Waals surface area contributed by atoms with Crippen LogP contribution >= 0.6 is 0 Å². The van der Waals surface area contributed by atoms with Crippen LogP contribution in [0.15, 0.2) is 6.07 Å². The predicted octanol–water partition coefficient (Wildman–Crippen LogP) is 2.23. The first-order valence-corrected chi connectivity index (χ1v) is 5.95. The Morgan fingerprint density at radius 1 is 1.47 bits per heavy atom. The Morgan fingerprint density at radius 2 is 2.29 bits per heavy atom. The lowest BCUT2D eigenvalue weighted by molar-refractivity contribution is 0.0392. The van der Waals surface area contributed by atoms with Crippen molar-refractivity contribution in [3.05, 3.63) is 17.5 Å². The van der Waals surface area contributed by atoms with Crippen LogP contribution in [0.3, 0.4) is 0 Å². The maximum Gasteiger partial charge on any atom is 0.103 e. The summed E-state index contributed by atoms with van der Waals surface area (Å²) in [6.07, 6.45) is 1.27. The molecule has 94 valence electrons. The van der Waals surface area contributed by atoms with Crippen molar-refractivity contribution < 1.29 is 9.13 Å². The van der Waals surface area contributed by atoms with Gasteiger partial charge in [-0.25, -0.2) is 4.39 Å². The maximum atomic E-state index is 13.0. The van der Waals surface area contributed by atoms with Gasteiger partial charge < -0.3 is 10.1 Å². The van der Waals surface area contributed by atoms with Gasteiger partial charge in [0.2, 0.25) is 0 Å². The molecule has 1 aromatic rings. The van der Waals surface area contributed by atoms with E-state index in [0.717, 1.165) is 23.5 Å². The zero-order valence-electron chi connectivity index (χ0n) is 10.2. The molecule has 0 bridgehead atoms. The number of rotatable bonds is 4. The van der Waals surface area contributed by atoms with Crippen LogP contribution in [0.25, 0.3) is 0 Å². The van der Waals surface area contributed by atoms with Crippen LogP contribution in [-0.2, 0) is 11.3 Å². The van der Waals surface area contributed by atoms with Crippen molar-refractivity contribution in [1.29, 1.82) is 0 Å². The number of ether oxygens (including phenoxy) is 1. The van der Waals surface area contributed by atoms with Crippen LogP contribution in [0.5, 0.6) is 0 Å². The SMILES string of the molecule is CNc1cc(COC2CCC(F)C2)nnc1C. The minimum atomic E-state index is -0.697. The van der Waals surface area contributed by atoms with Gasteiger partial charge in [-0.05, 0) is 25.8 Å². The highest BCUT2D eigenvalue weighted by Crippen LogP contribution is 2.25. The summed E-state index contributed by atoms with van der Waals surface area (Å²) in [6, 6.07) is 1.92. The second kappa shape index (κ2) is 5.40. The van der Waals surface area contributed by atoms with Gasteiger partial charge in [0.05, 0.1) is 29.8 Å².